The maximum absolute atomic E-state index is 11.7. The molecule has 0 aliphatic rings. The predicted molar refractivity (Wildman–Crippen MR) is 67.8 cm³/mol. The molecule has 1 amide bonds. The highest BCUT2D eigenvalue weighted by Crippen LogP contribution is 2.22. The Labute approximate surface area is 101 Å². The van der Waals surface area contributed by atoms with Crippen LogP contribution in [0, 0.1) is 12.3 Å². The Morgan fingerprint density at radius 2 is 2.35 bits per heavy atom. The van der Waals surface area contributed by atoms with Crippen LogP contribution in [-0.2, 0) is 0 Å². The summed E-state index contributed by atoms with van der Waals surface area (Å²) < 4.78 is 5.28. The van der Waals surface area contributed by atoms with Crippen LogP contribution in [0.25, 0.3) is 0 Å². The summed E-state index contributed by atoms with van der Waals surface area (Å²) in [6.07, 6.45) is 5.18. The molecule has 1 aromatic rings. The van der Waals surface area contributed by atoms with Crippen LogP contribution in [0.4, 0.5) is 5.69 Å². The molecule has 0 saturated heterocycles. The van der Waals surface area contributed by atoms with Gasteiger partial charge in [0, 0.05) is 5.56 Å². The molecule has 1 aromatic carbocycles. The zero-order chi connectivity index (χ0) is 12.8. The topological polar surface area (TPSA) is 64.3 Å². The van der Waals surface area contributed by atoms with Crippen LogP contribution in [0.15, 0.2) is 18.2 Å². The Kier molecular flexibility index (Phi) is 4.41. The highest BCUT2D eigenvalue weighted by Gasteiger charge is 2.10. The number of hydrogen-bond acceptors (Lipinski definition) is 3. The molecule has 0 spiro atoms. The average Bonchev–Trinajstić information content (AvgIpc) is 2.31. The summed E-state index contributed by atoms with van der Waals surface area (Å²) in [5.41, 5.74) is 6.67. The highest BCUT2D eigenvalue weighted by molar-refractivity contribution is 5.95. The van der Waals surface area contributed by atoms with Crippen LogP contribution in [0.2, 0.25) is 0 Å². The normalized spacial score (nSPS) is 11.4. The average molecular weight is 232 g/mol. The molecule has 0 aliphatic carbocycles. The van der Waals surface area contributed by atoms with Crippen LogP contribution in [0.3, 0.4) is 0 Å². The quantitative estimate of drug-likeness (QED) is 0.609. The van der Waals surface area contributed by atoms with Crippen LogP contribution in [0.1, 0.15) is 24.2 Å². The fourth-order valence-corrected chi connectivity index (χ4v) is 1.30. The number of ether oxygens (including phenoxy) is 1. The van der Waals surface area contributed by atoms with Crippen molar-refractivity contribution in [1.29, 1.82) is 0 Å². The van der Waals surface area contributed by atoms with Gasteiger partial charge >= 0.3 is 0 Å². The number of nitrogens with two attached hydrogens (primary N) is 1. The number of carbonyl (C=O) groups excluding carboxylic acids is 1. The highest BCUT2D eigenvalue weighted by atomic mass is 16.5. The van der Waals surface area contributed by atoms with Crippen molar-refractivity contribution in [2.75, 3.05) is 12.3 Å². The van der Waals surface area contributed by atoms with E-state index in [1.807, 2.05) is 6.92 Å². The lowest BCUT2D eigenvalue weighted by Gasteiger charge is -2.10. The van der Waals surface area contributed by atoms with Crippen molar-refractivity contribution in [3.05, 3.63) is 23.8 Å². The van der Waals surface area contributed by atoms with Gasteiger partial charge in [-0.05, 0) is 32.0 Å². The second-order valence-electron chi connectivity index (χ2n) is 3.55. The molecule has 17 heavy (non-hydrogen) atoms. The van der Waals surface area contributed by atoms with Gasteiger partial charge in [-0.25, -0.2) is 0 Å². The number of benzene rings is 1. The van der Waals surface area contributed by atoms with E-state index in [9.17, 15) is 4.79 Å². The zero-order valence-corrected chi connectivity index (χ0v) is 9.99. The lowest BCUT2D eigenvalue weighted by Crippen LogP contribution is -2.31. The van der Waals surface area contributed by atoms with Gasteiger partial charge in [-0.3, -0.25) is 4.79 Å². The van der Waals surface area contributed by atoms with Gasteiger partial charge in [0.05, 0.1) is 18.3 Å². The predicted octanol–water partition coefficient (Wildman–Crippen LogP) is 1.42. The molecular weight excluding hydrogens is 216 g/mol. The fraction of sp³-hybridized carbons (Fsp3) is 0.308. The third kappa shape index (κ3) is 3.42. The first-order chi connectivity index (χ1) is 8.08. The largest absolute Gasteiger partial charge is 0.492 e. The summed E-state index contributed by atoms with van der Waals surface area (Å²) in [6.45, 7) is 4.13. The molecule has 4 nitrogen and oxygen atoms in total. The first-order valence-corrected chi connectivity index (χ1v) is 5.37. The minimum absolute atomic E-state index is 0.245. The first-order valence-electron chi connectivity index (χ1n) is 5.37. The van der Waals surface area contributed by atoms with E-state index < -0.39 is 0 Å². The molecule has 0 fully saturated rings. The summed E-state index contributed by atoms with van der Waals surface area (Å²) >= 11 is 0. The molecule has 90 valence electrons. The van der Waals surface area contributed by atoms with E-state index in [1.165, 1.54) is 0 Å². The molecule has 0 bridgehead atoms. The van der Waals surface area contributed by atoms with Crippen LogP contribution < -0.4 is 15.8 Å². The number of hydrogen-bond donors (Lipinski definition) is 2. The molecule has 0 heterocycles. The Morgan fingerprint density at radius 1 is 1.65 bits per heavy atom. The lowest BCUT2D eigenvalue weighted by molar-refractivity contribution is 0.0948. The van der Waals surface area contributed by atoms with Gasteiger partial charge in [0.25, 0.3) is 5.91 Å². The molecule has 0 saturated carbocycles. The number of nitrogens with one attached hydrogen (secondary N) is 1. The number of carbonyl (C=O) groups is 1. The van der Waals surface area contributed by atoms with Crippen LogP contribution >= 0.6 is 0 Å². The van der Waals surface area contributed by atoms with E-state index in [-0.39, 0.29) is 11.9 Å². The van der Waals surface area contributed by atoms with E-state index in [0.29, 0.717) is 23.6 Å². The molecular formula is C13H16N2O2. The monoisotopic (exact) mass is 232 g/mol. The van der Waals surface area contributed by atoms with E-state index >= 15 is 0 Å². The molecule has 1 rings (SSSR count). The summed E-state index contributed by atoms with van der Waals surface area (Å²) in [5.74, 6) is 2.76. The van der Waals surface area contributed by atoms with Gasteiger partial charge in [0.15, 0.2) is 0 Å². The molecule has 0 aromatic heterocycles. The number of rotatable bonds is 4. The minimum atomic E-state index is -0.310. The van der Waals surface area contributed by atoms with Gasteiger partial charge in [-0.2, -0.15) is 0 Å². The third-order valence-corrected chi connectivity index (χ3v) is 2.17. The van der Waals surface area contributed by atoms with E-state index in [0.717, 1.165) is 0 Å². The summed E-state index contributed by atoms with van der Waals surface area (Å²) in [6, 6.07) is 4.59. The van der Waals surface area contributed by atoms with Gasteiger partial charge in [0.1, 0.15) is 5.75 Å². The van der Waals surface area contributed by atoms with Crippen LogP contribution in [0.5, 0.6) is 5.75 Å². The van der Waals surface area contributed by atoms with Crippen molar-refractivity contribution in [1.82, 2.24) is 5.32 Å². The van der Waals surface area contributed by atoms with Gasteiger partial charge in [-0.1, -0.05) is 5.92 Å². The second kappa shape index (κ2) is 5.80. The van der Waals surface area contributed by atoms with Crippen molar-refractivity contribution in [2.24, 2.45) is 0 Å². The molecule has 4 heteroatoms. The summed E-state index contributed by atoms with van der Waals surface area (Å²) in [5, 5.41) is 2.65. The van der Waals surface area contributed by atoms with Crippen molar-refractivity contribution in [2.45, 2.75) is 19.9 Å². The zero-order valence-electron chi connectivity index (χ0n) is 9.99. The number of nitrogen functional groups attached to an aromatic ring is 1. The Morgan fingerprint density at radius 3 is 2.88 bits per heavy atom. The first kappa shape index (κ1) is 12.9. The number of amides is 1. The van der Waals surface area contributed by atoms with E-state index in [4.69, 9.17) is 16.9 Å². The number of terminal acetylenes is 1. The summed E-state index contributed by atoms with van der Waals surface area (Å²) in [7, 11) is 0. The SMILES string of the molecule is C#CC(C)NC(=O)c1ccc(OCC)c(N)c1. The molecule has 3 N–H and O–H groups in total. The van der Waals surface area contributed by atoms with Gasteiger partial charge in [0.2, 0.25) is 0 Å². The van der Waals surface area contributed by atoms with Gasteiger partial charge in [-0.15, -0.1) is 6.42 Å². The van der Waals surface area contributed by atoms with Crippen molar-refractivity contribution < 1.29 is 9.53 Å². The van der Waals surface area contributed by atoms with Crippen molar-refractivity contribution in [3.63, 3.8) is 0 Å². The molecule has 0 radical (unpaired) electrons. The van der Waals surface area contributed by atoms with Crippen molar-refractivity contribution in [3.8, 4) is 18.1 Å². The third-order valence-electron chi connectivity index (χ3n) is 2.17. The van der Waals surface area contributed by atoms with Crippen LogP contribution in [-0.4, -0.2) is 18.6 Å². The Hall–Kier alpha value is -2.15. The second-order valence-corrected chi connectivity index (χ2v) is 3.55. The molecule has 1 unspecified atom stereocenters. The Balaban J connectivity index is 2.83. The summed E-state index contributed by atoms with van der Waals surface area (Å²) in [4.78, 5) is 11.7. The molecule has 1 atom stereocenters. The van der Waals surface area contributed by atoms with E-state index in [2.05, 4.69) is 11.2 Å². The van der Waals surface area contributed by atoms with Gasteiger partial charge < -0.3 is 15.8 Å². The number of anilines is 1. The maximum Gasteiger partial charge on any atom is 0.252 e. The maximum atomic E-state index is 11.7. The fourth-order valence-electron chi connectivity index (χ4n) is 1.30. The van der Waals surface area contributed by atoms with E-state index in [1.54, 1.807) is 25.1 Å². The minimum Gasteiger partial charge on any atom is -0.492 e. The smallest absolute Gasteiger partial charge is 0.252 e. The molecule has 0 aliphatic heterocycles. The van der Waals surface area contributed by atoms with Crippen molar-refractivity contribution >= 4 is 11.6 Å². The Bertz CT molecular complexity index is 449. The standard InChI is InChI=1S/C13H16N2O2/c1-4-9(3)15-13(16)10-6-7-12(17-5-2)11(14)8-10/h1,6-9H,5,14H2,2-3H3,(H,15,16). The lowest BCUT2D eigenvalue weighted by atomic mass is 10.1.